The molecule has 5 nitrogen and oxygen atoms in total. The number of esters is 1. The van der Waals surface area contributed by atoms with Gasteiger partial charge in [-0.2, -0.15) is 0 Å². The van der Waals surface area contributed by atoms with E-state index in [1.54, 1.807) is 6.92 Å². The van der Waals surface area contributed by atoms with Gasteiger partial charge >= 0.3 is 5.97 Å². The van der Waals surface area contributed by atoms with Crippen LogP contribution in [0.2, 0.25) is 0 Å². The normalized spacial score (nSPS) is 36.8. The molecule has 0 saturated heterocycles. The molecule has 0 aromatic heterocycles. The fourth-order valence-electron chi connectivity index (χ4n) is 1.83. The van der Waals surface area contributed by atoms with E-state index in [9.17, 15) is 20.1 Å². The summed E-state index contributed by atoms with van der Waals surface area (Å²) >= 11 is 0. The maximum absolute atomic E-state index is 11.3. The molecule has 3 N–H and O–H groups in total. The Kier molecular flexibility index (Phi) is 5.61. The van der Waals surface area contributed by atoms with Crippen molar-refractivity contribution in [2.24, 2.45) is 0 Å². The minimum Gasteiger partial charge on any atom is -0.459 e. The van der Waals surface area contributed by atoms with E-state index in [4.69, 9.17) is 4.74 Å². The minimum absolute atomic E-state index is 0.358. The number of ether oxygens (including phenoxy) is 1. The minimum atomic E-state index is -1.07. The molecular formula is C12H20O5. The van der Waals surface area contributed by atoms with Crippen LogP contribution in [-0.4, -0.2) is 45.7 Å². The predicted octanol–water partition coefficient (Wildman–Crippen LogP) is 0.131. The molecule has 1 heterocycles. The molecule has 0 radical (unpaired) electrons. The summed E-state index contributed by atoms with van der Waals surface area (Å²) in [5.41, 5.74) is 0. The van der Waals surface area contributed by atoms with E-state index in [-0.39, 0.29) is 6.10 Å². The molecule has 0 aromatic carbocycles. The lowest BCUT2D eigenvalue weighted by Crippen LogP contribution is -2.26. The van der Waals surface area contributed by atoms with Gasteiger partial charge in [0, 0.05) is 12.5 Å². The molecule has 0 spiro atoms. The Bertz CT molecular complexity index is 276. The lowest BCUT2D eigenvalue weighted by Gasteiger charge is -2.19. The number of rotatable bonds is 0. The predicted molar refractivity (Wildman–Crippen MR) is 61.2 cm³/mol. The molecule has 4 atom stereocenters. The number of aliphatic hydroxyl groups excluding tert-OH is 3. The number of hydrogen-bond acceptors (Lipinski definition) is 5. The summed E-state index contributed by atoms with van der Waals surface area (Å²) < 4.78 is 5.00. The van der Waals surface area contributed by atoms with Crippen molar-refractivity contribution >= 4 is 5.97 Å². The van der Waals surface area contributed by atoms with Gasteiger partial charge in [-0.3, -0.25) is 0 Å². The van der Waals surface area contributed by atoms with Crippen LogP contribution in [0, 0.1) is 0 Å². The Morgan fingerprint density at radius 3 is 2.71 bits per heavy atom. The average molecular weight is 244 g/mol. The molecule has 0 bridgehead atoms. The number of carbonyl (C=O) groups excluding carboxylic acids is 1. The van der Waals surface area contributed by atoms with Crippen molar-refractivity contribution in [1.82, 2.24) is 0 Å². The van der Waals surface area contributed by atoms with E-state index in [1.807, 2.05) is 0 Å². The van der Waals surface area contributed by atoms with Crippen LogP contribution in [0.1, 0.15) is 32.6 Å². The lowest BCUT2D eigenvalue weighted by atomic mass is 10.0. The second kappa shape index (κ2) is 6.74. The molecule has 0 amide bonds. The van der Waals surface area contributed by atoms with Crippen molar-refractivity contribution in [2.45, 2.75) is 57.0 Å². The number of aliphatic hydroxyl groups is 3. The first kappa shape index (κ1) is 14.2. The molecule has 0 fully saturated rings. The summed E-state index contributed by atoms with van der Waals surface area (Å²) in [5.74, 6) is -0.573. The van der Waals surface area contributed by atoms with E-state index < -0.39 is 24.3 Å². The van der Waals surface area contributed by atoms with Gasteiger partial charge in [-0.25, -0.2) is 4.79 Å². The van der Waals surface area contributed by atoms with E-state index in [0.717, 1.165) is 6.08 Å². The topological polar surface area (TPSA) is 87.0 Å². The van der Waals surface area contributed by atoms with Gasteiger partial charge in [0.1, 0.15) is 6.10 Å². The summed E-state index contributed by atoms with van der Waals surface area (Å²) in [7, 11) is 0. The molecule has 1 aliphatic heterocycles. The van der Waals surface area contributed by atoms with Crippen molar-refractivity contribution in [3.8, 4) is 0 Å². The van der Waals surface area contributed by atoms with Crippen molar-refractivity contribution in [3.05, 3.63) is 12.2 Å². The standard InChI is InChI=1S/C12H20O5/c1-8-7-9(13)3-2-4-10(14)11(15)5-6-12(16)17-8/h5-6,8-11,13-15H,2-4,7H2,1H3/t8-,9-,10+,11+/m1/s1. The van der Waals surface area contributed by atoms with Crippen LogP contribution >= 0.6 is 0 Å². The summed E-state index contributed by atoms with van der Waals surface area (Å²) in [4.78, 5) is 11.3. The van der Waals surface area contributed by atoms with Gasteiger partial charge in [0.25, 0.3) is 0 Å². The highest BCUT2D eigenvalue weighted by atomic mass is 16.5. The van der Waals surface area contributed by atoms with Crippen LogP contribution in [-0.2, 0) is 9.53 Å². The Morgan fingerprint density at radius 1 is 1.29 bits per heavy atom. The van der Waals surface area contributed by atoms with Crippen LogP contribution in [0.5, 0.6) is 0 Å². The quantitative estimate of drug-likeness (QED) is 0.527. The first-order chi connectivity index (χ1) is 7.99. The fraction of sp³-hybridized carbons (Fsp3) is 0.750. The molecule has 0 aliphatic carbocycles. The first-order valence-corrected chi connectivity index (χ1v) is 5.92. The van der Waals surface area contributed by atoms with E-state index in [0.29, 0.717) is 25.7 Å². The Labute approximate surface area is 101 Å². The Balaban J connectivity index is 2.65. The molecule has 98 valence electrons. The van der Waals surface area contributed by atoms with Crippen molar-refractivity contribution < 1.29 is 24.9 Å². The zero-order valence-corrected chi connectivity index (χ0v) is 9.95. The monoisotopic (exact) mass is 244 g/mol. The third-order valence-corrected chi connectivity index (χ3v) is 2.78. The summed E-state index contributed by atoms with van der Waals surface area (Å²) in [6.07, 6.45) is 1.37. The van der Waals surface area contributed by atoms with Gasteiger partial charge in [-0.1, -0.05) is 0 Å². The SMILES string of the molecule is C[C@@H]1C[C@H](O)CCC[C@H](O)[C@@H](O)C=CC(=O)O1. The highest BCUT2D eigenvalue weighted by Gasteiger charge is 2.18. The molecule has 1 aliphatic rings. The highest BCUT2D eigenvalue weighted by molar-refractivity contribution is 5.82. The average Bonchev–Trinajstić information content (AvgIpc) is 2.24. The smallest absolute Gasteiger partial charge is 0.330 e. The molecule has 5 heteroatoms. The van der Waals surface area contributed by atoms with Gasteiger partial charge in [-0.15, -0.1) is 0 Å². The zero-order valence-electron chi connectivity index (χ0n) is 9.95. The van der Waals surface area contributed by atoms with Crippen LogP contribution < -0.4 is 0 Å². The zero-order chi connectivity index (χ0) is 12.8. The van der Waals surface area contributed by atoms with E-state index in [1.165, 1.54) is 6.08 Å². The second-order valence-corrected chi connectivity index (χ2v) is 4.48. The third-order valence-electron chi connectivity index (χ3n) is 2.78. The summed E-state index contributed by atoms with van der Waals surface area (Å²) in [5, 5.41) is 28.7. The first-order valence-electron chi connectivity index (χ1n) is 5.92. The summed E-state index contributed by atoms with van der Waals surface area (Å²) in [6.45, 7) is 1.71. The third kappa shape index (κ3) is 5.30. The van der Waals surface area contributed by atoms with Gasteiger partial charge in [-0.05, 0) is 32.3 Å². The maximum Gasteiger partial charge on any atom is 0.330 e. The molecule has 0 aromatic rings. The molecule has 0 unspecified atom stereocenters. The van der Waals surface area contributed by atoms with Gasteiger partial charge in [0.2, 0.25) is 0 Å². The molecule has 17 heavy (non-hydrogen) atoms. The fourth-order valence-corrected chi connectivity index (χ4v) is 1.83. The van der Waals surface area contributed by atoms with Crippen LogP contribution in [0.25, 0.3) is 0 Å². The Morgan fingerprint density at radius 2 is 2.00 bits per heavy atom. The van der Waals surface area contributed by atoms with Gasteiger partial charge < -0.3 is 20.1 Å². The Hall–Kier alpha value is -0.910. The summed E-state index contributed by atoms with van der Waals surface area (Å²) in [6, 6.07) is 0. The van der Waals surface area contributed by atoms with Crippen LogP contribution in [0.3, 0.4) is 0 Å². The van der Waals surface area contributed by atoms with Gasteiger partial charge in [0.15, 0.2) is 0 Å². The second-order valence-electron chi connectivity index (χ2n) is 4.48. The van der Waals surface area contributed by atoms with Crippen LogP contribution in [0.4, 0.5) is 0 Å². The van der Waals surface area contributed by atoms with Crippen LogP contribution in [0.15, 0.2) is 12.2 Å². The number of cyclic esters (lactones) is 1. The highest BCUT2D eigenvalue weighted by Crippen LogP contribution is 2.14. The molecule has 1 rings (SSSR count). The number of hydrogen-bond donors (Lipinski definition) is 3. The van der Waals surface area contributed by atoms with E-state index in [2.05, 4.69) is 0 Å². The van der Waals surface area contributed by atoms with Crippen molar-refractivity contribution in [1.29, 1.82) is 0 Å². The van der Waals surface area contributed by atoms with Crippen molar-refractivity contribution in [2.75, 3.05) is 0 Å². The molecular weight excluding hydrogens is 224 g/mol. The lowest BCUT2D eigenvalue weighted by molar-refractivity contribution is -0.143. The van der Waals surface area contributed by atoms with Gasteiger partial charge in [0.05, 0.1) is 18.3 Å². The largest absolute Gasteiger partial charge is 0.459 e. The van der Waals surface area contributed by atoms with Crippen molar-refractivity contribution in [3.63, 3.8) is 0 Å². The van der Waals surface area contributed by atoms with E-state index >= 15 is 0 Å². The number of carbonyl (C=O) groups is 1. The molecule has 0 saturated carbocycles. The maximum atomic E-state index is 11.3.